The van der Waals surface area contributed by atoms with Crippen LogP contribution >= 0.6 is 0 Å². The van der Waals surface area contributed by atoms with Crippen LogP contribution in [-0.2, 0) is 0 Å². The highest BCUT2D eigenvalue weighted by Crippen LogP contribution is 2.20. The SMILES string of the molecule is CNCC(O)C(O)c1ccc(OCCC#N)cc1. The van der Waals surface area contributed by atoms with Crippen molar-refractivity contribution in [3.05, 3.63) is 29.8 Å². The number of likely N-dealkylation sites (N-methyl/N-ethyl adjacent to an activating group) is 1. The first-order valence-electron chi connectivity index (χ1n) is 5.79. The molecule has 0 radical (unpaired) electrons. The summed E-state index contributed by atoms with van der Waals surface area (Å²) in [6.07, 6.45) is -1.43. The summed E-state index contributed by atoms with van der Waals surface area (Å²) < 4.78 is 5.31. The van der Waals surface area contributed by atoms with Gasteiger partial charge in [-0.2, -0.15) is 5.26 Å². The summed E-state index contributed by atoms with van der Waals surface area (Å²) in [6.45, 7) is 0.669. The van der Waals surface area contributed by atoms with Crippen molar-refractivity contribution in [1.82, 2.24) is 5.32 Å². The second kappa shape index (κ2) is 7.67. The molecule has 0 amide bonds. The molecule has 0 aliphatic carbocycles. The van der Waals surface area contributed by atoms with Crippen LogP contribution in [0.25, 0.3) is 0 Å². The fraction of sp³-hybridized carbons (Fsp3) is 0.462. The molecular weight excluding hydrogens is 232 g/mol. The molecule has 0 aromatic heterocycles. The van der Waals surface area contributed by atoms with Gasteiger partial charge in [0.15, 0.2) is 0 Å². The molecule has 5 nitrogen and oxygen atoms in total. The van der Waals surface area contributed by atoms with Gasteiger partial charge in [-0.05, 0) is 24.7 Å². The molecule has 0 fully saturated rings. The zero-order chi connectivity index (χ0) is 13.4. The van der Waals surface area contributed by atoms with E-state index in [0.717, 1.165) is 0 Å². The molecule has 1 aromatic rings. The number of nitriles is 1. The molecular formula is C13H18N2O3. The third kappa shape index (κ3) is 4.34. The Balaban J connectivity index is 2.56. The monoisotopic (exact) mass is 250 g/mol. The van der Waals surface area contributed by atoms with Gasteiger partial charge in [-0.1, -0.05) is 12.1 Å². The van der Waals surface area contributed by atoms with E-state index in [-0.39, 0.29) is 0 Å². The normalized spacial score (nSPS) is 13.7. The predicted molar refractivity (Wildman–Crippen MR) is 67.1 cm³/mol. The first kappa shape index (κ1) is 14.5. The third-order valence-corrected chi connectivity index (χ3v) is 2.48. The maximum atomic E-state index is 9.85. The second-order valence-electron chi connectivity index (χ2n) is 3.90. The van der Waals surface area contributed by atoms with Crippen molar-refractivity contribution in [3.8, 4) is 11.8 Å². The molecule has 2 atom stereocenters. The van der Waals surface area contributed by atoms with E-state index < -0.39 is 12.2 Å². The lowest BCUT2D eigenvalue weighted by atomic mass is 10.0. The van der Waals surface area contributed by atoms with E-state index >= 15 is 0 Å². The zero-order valence-electron chi connectivity index (χ0n) is 10.3. The summed E-state index contributed by atoms with van der Waals surface area (Å²) in [5.74, 6) is 0.643. The molecule has 98 valence electrons. The topological polar surface area (TPSA) is 85.5 Å². The summed E-state index contributed by atoms with van der Waals surface area (Å²) in [4.78, 5) is 0. The van der Waals surface area contributed by atoms with Crippen LogP contribution in [0.4, 0.5) is 0 Å². The fourth-order valence-electron chi connectivity index (χ4n) is 1.52. The number of benzene rings is 1. The van der Waals surface area contributed by atoms with Crippen molar-refractivity contribution >= 4 is 0 Å². The van der Waals surface area contributed by atoms with Crippen molar-refractivity contribution in [2.75, 3.05) is 20.2 Å². The minimum atomic E-state index is -0.925. The molecule has 0 heterocycles. The van der Waals surface area contributed by atoms with E-state index in [0.29, 0.717) is 30.9 Å². The van der Waals surface area contributed by atoms with E-state index in [9.17, 15) is 10.2 Å². The van der Waals surface area contributed by atoms with Crippen molar-refractivity contribution < 1.29 is 14.9 Å². The summed E-state index contributed by atoms with van der Waals surface area (Å²) in [6, 6.07) is 8.81. The van der Waals surface area contributed by atoms with E-state index in [2.05, 4.69) is 5.32 Å². The smallest absolute Gasteiger partial charge is 0.119 e. The van der Waals surface area contributed by atoms with Gasteiger partial charge in [0.05, 0.1) is 18.6 Å². The Hall–Kier alpha value is -1.61. The molecule has 0 aliphatic rings. The molecule has 2 unspecified atom stereocenters. The highest BCUT2D eigenvalue weighted by molar-refractivity contribution is 5.29. The molecule has 0 spiro atoms. The summed E-state index contributed by atoms with van der Waals surface area (Å²) in [7, 11) is 1.71. The quantitative estimate of drug-likeness (QED) is 0.617. The average molecular weight is 250 g/mol. The number of ether oxygens (including phenoxy) is 1. The number of aliphatic hydroxyl groups is 2. The Morgan fingerprint density at radius 1 is 1.33 bits per heavy atom. The highest BCUT2D eigenvalue weighted by Gasteiger charge is 2.17. The lowest BCUT2D eigenvalue weighted by Crippen LogP contribution is -2.29. The molecule has 0 aliphatic heterocycles. The van der Waals surface area contributed by atoms with Crippen LogP contribution < -0.4 is 10.1 Å². The predicted octanol–water partition coefficient (Wildman–Crippen LogP) is 0.593. The van der Waals surface area contributed by atoms with Crippen LogP contribution in [0.1, 0.15) is 18.1 Å². The van der Waals surface area contributed by atoms with Gasteiger partial charge in [0, 0.05) is 6.54 Å². The maximum absolute atomic E-state index is 9.85. The Bertz CT molecular complexity index is 386. The fourth-order valence-corrected chi connectivity index (χ4v) is 1.52. The van der Waals surface area contributed by atoms with E-state index in [4.69, 9.17) is 10.00 Å². The van der Waals surface area contributed by atoms with Crippen LogP contribution in [0.15, 0.2) is 24.3 Å². The molecule has 1 rings (SSSR count). The number of hydrogen-bond donors (Lipinski definition) is 3. The van der Waals surface area contributed by atoms with Gasteiger partial charge in [0.25, 0.3) is 0 Å². The van der Waals surface area contributed by atoms with Gasteiger partial charge >= 0.3 is 0 Å². The van der Waals surface area contributed by atoms with E-state index in [1.807, 2.05) is 6.07 Å². The number of aliphatic hydroxyl groups excluding tert-OH is 2. The third-order valence-electron chi connectivity index (χ3n) is 2.48. The molecule has 0 saturated heterocycles. The molecule has 3 N–H and O–H groups in total. The number of nitrogens with one attached hydrogen (secondary N) is 1. The lowest BCUT2D eigenvalue weighted by molar-refractivity contribution is 0.0202. The summed E-state index contributed by atoms with van der Waals surface area (Å²) >= 11 is 0. The molecule has 5 heteroatoms. The first-order valence-corrected chi connectivity index (χ1v) is 5.79. The number of hydrogen-bond acceptors (Lipinski definition) is 5. The van der Waals surface area contributed by atoms with Crippen molar-refractivity contribution in [3.63, 3.8) is 0 Å². The number of nitrogens with zero attached hydrogens (tertiary/aromatic N) is 1. The van der Waals surface area contributed by atoms with Gasteiger partial charge < -0.3 is 20.3 Å². The van der Waals surface area contributed by atoms with Crippen LogP contribution in [-0.4, -0.2) is 36.5 Å². The Kier molecular flexibility index (Phi) is 6.15. The van der Waals surface area contributed by atoms with Gasteiger partial charge in [0.1, 0.15) is 18.5 Å². The Labute approximate surface area is 107 Å². The molecule has 1 aromatic carbocycles. The highest BCUT2D eigenvalue weighted by atomic mass is 16.5. The van der Waals surface area contributed by atoms with Gasteiger partial charge in [0.2, 0.25) is 0 Å². The first-order chi connectivity index (χ1) is 8.69. The minimum absolute atomic E-state index is 0.321. The van der Waals surface area contributed by atoms with Crippen molar-refractivity contribution in [2.45, 2.75) is 18.6 Å². The van der Waals surface area contributed by atoms with Crippen LogP contribution in [0, 0.1) is 11.3 Å². The Morgan fingerprint density at radius 2 is 2.00 bits per heavy atom. The van der Waals surface area contributed by atoms with Crippen molar-refractivity contribution in [1.29, 1.82) is 5.26 Å². The Morgan fingerprint density at radius 3 is 2.56 bits per heavy atom. The lowest BCUT2D eigenvalue weighted by Gasteiger charge is -2.18. The maximum Gasteiger partial charge on any atom is 0.119 e. The van der Waals surface area contributed by atoms with Crippen molar-refractivity contribution in [2.24, 2.45) is 0 Å². The van der Waals surface area contributed by atoms with Gasteiger partial charge in [-0.15, -0.1) is 0 Å². The van der Waals surface area contributed by atoms with Gasteiger partial charge in [-0.3, -0.25) is 0 Å². The number of rotatable bonds is 7. The van der Waals surface area contributed by atoms with Crippen LogP contribution in [0.2, 0.25) is 0 Å². The van der Waals surface area contributed by atoms with Gasteiger partial charge in [-0.25, -0.2) is 0 Å². The zero-order valence-corrected chi connectivity index (χ0v) is 10.3. The average Bonchev–Trinajstić information content (AvgIpc) is 2.39. The molecule has 0 bridgehead atoms. The van der Waals surface area contributed by atoms with E-state index in [1.165, 1.54) is 0 Å². The summed E-state index contributed by atoms with van der Waals surface area (Å²) in [5.41, 5.74) is 0.630. The second-order valence-corrected chi connectivity index (χ2v) is 3.90. The van der Waals surface area contributed by atoms with Crippen LogP contribution in [0.5, 0.6) is 5.75 Å². The standard InChI is InChI=1S/C13H18N2O3/c1-15-9-12(16)13(17)10-3-5-11(6-4-10)18-8-2-7-14/h3-6,12-13,15-17H,2,8-9H2,1H3. The molecule has 0 saturated carbocycles. The van der Waals surface area contributed by atoms with E-state index in [1.54, 1.807) is 31.3 Å². The largest absolute Gasteiger partial charge is 0.493 e. The minimum Gasteiger partial charge on any atom is -0.493 e. The molecule has 18 heavy (non-hydrogen) atoms. The summed E-state index contributed by atoms with van der Waals surface area (Å²) in [5, 5.41) is 30.7. The van der Waals surface area contributed by atoms with Crippen LogP contribution in [0.3, 0.4) is 0 Å².